The van der Waals surface area contributed by atoms with Crippen LogP contribution < -0.4 is 24.8 Å². The first-order valence-corrected chi connectivity index (χ1v) is 10.1. The molecule has 0 heterocycles. The predicted molar refractivity (Wildman–Crippen MR) is 122 cm³/mol. The number of rotatable bonds is 9. The number of nitrogens with one attached hydrogen (secondary N) is 2. The largest absolute Gasteiger partial charge is 0.493 e. The normalized spacial score (nSPS) is 10.3. The number of halogens is 1. The zero-order valence-corrected chi connectivity index (χ0v) is 18.6. The lowest BCUT2D eigenvalue weighted by atomic mass is 10.1. The summed E-state index contributed by atoms with van der Waals surface area (Å²) in [6.45, 7) is 0.271. The molecule has 0 atom stereocenters. The second kappa shape index (κ2) is 11.0. The van der Waals surface area contributed by atoms with E-state index in [4.69, 9.17) is 14.2 Å². The molecule has 2 amide bonds. The molecule has 0 unspecified atom stereocenters. The van der Waals surface area contributed by atoms with Crippen molar-refractivity contribution in [2.24, 2.45) is 0 Å². The van der Waals surface area contributed by atoms with Gasteiger partial charge in [0.15, 0.2) is 11.5 Å². The quantitative estimate of drug-likeness (QED) is 0.513. The SMILES string of the molecule is COc1cc(CC(=O)NCc2cccc(NC(=O)c3cccc(F)c3)c2)cc(OC)c1OC. The number of amides is 2. The van der Waals surface area contributed by atoms with E-state index in [1.807, 2.05) is 6.07 Å². The Morgan fingerprint density at radius 2 is 1.55 bits per heavy atom. The number of hydrogen-bond acceptors (Lipinski definition) is 5. The van der Waals surface area contributed by atoms with Crippen molar-refractivity contribution in [3.8, 4) is 17.2 Å². The number of benzene rings is 3. The molecule has 0 fully saturated rings. The first-order valence-electron chi connectivity index (χ1n) is 10.1. The van der Waals surface area contributed by atoms with Crippen molar-refractivity contribution in [2.75, 3.05) is 26.6 Å². The van der Waals surface area contributed by atoms with E-state index in [-0.39, 0.29) is 24.4 Å². The minimum atomic E-state index is -0.480. The highest BCUT2D eigenvalue weighted by atomic mass is 19.1. The summed E-state index contributed by atoms with van der Waals surface area (Å²) in [7, 11) is 4.55. The zero-order chi connectivity index (χ0) is 23.8. The summed E-state index contributed by atoms with van der Waals surface area (Å²) in [6.07, 6.45) is 0.118. The van der Waals surface area contributed by atoms with Gasteiger partial charge in [-0.2, -0.15) is 0 Å². The molecule has 0 spiro atoms. The highest BCUT2D eigenvalue weighted by Crippen LogP contribution is 2.38. The zero-order valence-electron chi connectivity index (χ0n) is 18.6. The van der Waals surface area contributed by atoms with Gasteiger partial charge in [0, 0.05) is 17.8 Å². The van der Waals surface area contributed by atoms with E-state index < -0.39 is 11.7 Å². The van der Waals surface area contributed by atoms with Gasteiger partial charge in [-0.1, -0.05) is 18.2 Å². The molecule has 3 rings (SSSR count). The first-order chi connectivity index (χ1) is 15.9. The van der Waals surface area contributed by atoms with Crippen LogP contribution in [0.2, 0.25) is 0 Å². The third kappa shape index (κ3) is 6.22. The van der Waals surface area contributed by atoms with Crippen LogP contribution >= 0.6 is 0 Å². The van der Waals surface area contributed by atoms with Gasteiger partial charge in [0.1, 0.15) is 5.82 Å². The Labute approximate surface area is 191 Å². The molecule has 33 heavy (non-hydrogen) atoms. The number of anilines is 1. The Morgan fingerprint density at radius 1 is 0.848 bits per heavy atom. The van der Waals surface area contributed by atoms with Crippen LogP contribution in [0.1, 0.15) is 21.5 Å². The third-order valence-corrected chi connectivity index (χ3v) is 4.85. The molecular formula is C25H25FN2O5. The molecule has 8 heteroatoms. The summed E-state index contributed by atoms with van der Waals surface area (Å²) >= 11 is 0. The summed E-state index contributed by atoms with van der Waals surface area (Å²) in [5.41, 5.74) is 2.27. The maximum Gasteiger partial charge on any atom is 0.255 e. The molecule has 0 aliphatic carbocycles. The van der Waals surface area contributed by atoms with Gasteiger partial charge in [-0.15, -0.1) is 0 Å². The van der Waals surface area contributed by atoms with Crippen LogP contribution in [0.3, 0.4) is 0 Å². The van der Waals surface area contributed by atoms with E-state index in [1.54, 1.807) is 30.3 Å². The van der Waals surface area contributed by atoms with Gasteiger partial charge in [-0.05, 0) is 53.6 Å². The van der Waals surface area contributed by atoms with Crippen LogP contribution in [-0.2, 0) is 17.8 Å². The number of carbonyl (C=O) groups is 2. The smallest absolute Gasteiger partial charge is 0.255 e. The number of ether oxygens (including phenoxy) is 3. The van der Waals surface area contributed by atoms with Gasteiger partial charge in [0.25, 0.3) is 5.91 Å². The standard InChI is InChI=1S/C25H25FN2O5/c1-31-21-11-17(12-22(32-2)24(21)33-3)13-23(29)27-15-16-6-4-9-20(10-16)28-25(30)18-7-5-8-19(26)14-18/h4-12,14H,13,15H2,1-3H3,(H,27,29)(H,28,30). The van der Waals surface area contributed by atoms with Gasteiger partial charge in [0.05, 0.1) is 27.8 Å². The monoisotopic (exact) mass is 452 g/mol. The molecule has 3 aromatic rings. The van der Waals surface area contributed by atoms with Crippen molar-refractivity contribution in [2.45, 2.75) is 13.0 Å². The molecule has 2 N–H and O–H groups in total. The fourth-order valence-corrected chi connectivity index (χ4v) is 3.28. The molecule has 3 aromatic carbocycles. The summed E-state index contributed by atoms with van der Waals surface area (Å²) in [4.78, 5) is 24.8. The lowest BCUT2D eigenvalue weighted by molar-refractivity contribution is -0.120. The Bertz CT molecular complexity index is 1120. The lowest BCUT2D eigenvalue weighted by Gasteiger charge is -2.14. The van der Waals surface area contributed by atoms with Gasteiger partial charge < -0.3 is 24.8 Å². The third-order valence-electron chi connectivity index (χ3n) is 4.85. The van der Waals surface area contributed by atoms with E-state index >= 15 is 0 Å². The highest BCUT2D eigenvalue weighted by molar-refractivity contribution is 6.04. The van der Waals surface area contributed by atoms with Crippen molar-refractivity contribution < 1.29 is 28.2 Å². The summed E-state index contributed by atoms with van der Waals surface area (Å²) in [5, 5.41) is 5.59. The minimum Gasteiger partial charge on any atom is -0.493 e. The maximum atomic E-state index is 13.3. The average Bonchev–Trinajstić information content (AvgIpc) is 2.82. The molecular weight excluding hydrogens is 427 g/mol. The summed E-state index contributed by atoms with van der Waals surface area (Å²) in [6, 6.07) is 16.0. The van der Waals surface area contributed by atoms with E-state index in [1.165, 1.54) is 45.6 Å². The molecule has 0 aliphatic heterocycles. The molecule has 0 radical (unpaired) electrons. The molecule has 0 aliphatic rings. The first kappa shape index (κ1) is 23.6. The van der Waals surface area contributed by atoms with Crippen LogP contribution in [0.5, 0.6) is 17.2 Å². The van der Waals surface area contributed by atoms with Gasteiger partial charge in [0.2, 0.25) is 11.7 Å². The average molecular weight is 452 g/mol. The molecule has 0 saturated heterocycles. The van der Waals surface area contributed by atoms with Crippen molar-refractivity contribution in [1.82, 2.24) is 5.32 Å². The Kier molecular flexibility index (Phi) is 7.86. The fraction of sp³-hybridized carbons (Fsp3) is 0.200. The number of methoxy groups -OCH3 is 3. The van der Waals surface area contributed by atoms with Gasteiger partial charge >= 0.3 is 0 Å². The van der Waals surface area contributed by atoms with Crippen molar-refractivity contribution in [1.29, 1.82) is 0 Å². The molecule has 0 aromatic heterocycles. The Hall–Kier alpha value is -4.07. The Balaban J connectivity index is 1.61. The van der Waals surface area contributed by atoms with Gasteiger partial charge in [-0.25, -0.2) is 4.39 Å². The van der Waals surface area contributed by atoms with E-state index in [9.17, 15) is 14.0 Å². The second-order valence-electron chi connectivity index (χ2n) is 7.15. The van der Waals surface area contributed by atoms with E-state index in [0.29, 0.717) is 28.5 Å². The van der Waals surface area contributed by atoms with Crippen LogP contribution in [-0.4, -0.2) is 33.1 Å². The highest BCUT2D eigenvalue weighted by Gasteiger charge is 2.15. The fourth-order valence-electron chi connectivity index (χ4n) is 3.28. The summed E-state index contributed by atoms with van der Waals surface area (Å²) in [5.74, 6) is 0.312. The molecule has 7 nitrogen and oxygen atoms in total. The minimum absolute atomic E-state index is 0.118. The molecule has 172 valence electrons. The maximum absolute atomic E-state index is 13.3. The topological polar surface area (TPSA) is 85.9 Å². The second-order valence-corrected chi connectivity index (χ2v) is 7.15. The van der Waals surface area contributed by atoms with E-state index in [0.717, 1.165) is 5.56 Å². The van der Waals surface area contributed by atoms with E-state index in [2.05, 4.69) is 10.6 Å². The van der Waals surface area contributed by atoms with Gasteiger partial charge in [-0.3, -0.25) is 9.59 Å². The number of hydrogen-bond donors (Lipinski definition) is 2. The lowest BCUT2D eigenvalue weighted by Crippen LogP contribution is -2.24. The molecule has 0 bridgehead atoms. The van der Waals surface area contributed by atoms with Crippen LogP contribution in [0.4, 0.5) is 10.1 Å². The van der Waals surface area contributed by atoms with Crippen LogP contribution in [0.15, 0.2) is 60.7 Å². The summed E-state index contributed by atoms with van der Waals surface area (Å²) < 4.78 is 29.3. The van der Waals surface area contributed by atoms with Crippen molar-refractivity contribution in [3.63, 3.8) is 0 Å². The van der Waals surface area contributed by atoms with Crippen molar-refractivity contribution in [3.05, 3.63) is 83.2 Å². The van der Waals surface area contributed by atoms with Crippen molar-refractivity contribution >= 4 is 17.5 Å². The number of carbonyl (C=O) groups excluding carboxylic acids is 2. The Morgan fingerprint density at radius 3 is 2.18 bits per heavy atom. The van der Waals surface area contributed by atoms with Crippen LogP contribution in [0, 0.1) is 5.82 Å². The molecule has 0 saturated carbocycles. The predicted octanol–water partition coefficient (Wildman–Crippen LogP) is 3.96. The van der Waals surface area contributed by atoms with Crippen LogP contribution in [0.25, 0.3) is 0 Å².